The summed E-state index contributed by atoms with van der Waals surface area (Å²) in [6, 6.07) is 20.8. The molecule has 0 atom stereocenters. The first-order valence-electron chi connectivity index (χ1n) is 12.2. The standard InChI is InChI=1S/C29H22ClN7O2S/c30-24-11-5-4-10-21(24)23-17-34-35-26(23)20-14-25(28(39)33-16-19-8-2-1-3-9-19)37(18-20)13-7-6-12-32-29-22(15-31)27(38)36-40-29/h1-5,8-11,14,17-18,32H,12-13,16H2,(H,33,39)(H,34,35)(H,36,38). The lowest BCUT2D eigenvalue weighted by Gasteiger charge is -2.07. The highest BCUT2D eigenvalue weighted by molar-refractivity contribution is 7.10. The zero-order chi connectivity index (χ0) is 27.9. The van der Waals surface area contributed by atoms with Crippen molar-refractivity contribution >= 4 is 34.0 Å². The maximum Gasteiger partial charge on any atom is 0.278 e. The summed E-state index contributed by atoms with van der Waals surface area (Å²) in [5.41, 5.74) is 4.15. The number of rotatable bonds is 8. The Morgan fingerprint density at radius 1 is 1.10 bits per heavy atom. The lowest BCUT2D eigenvalue weighted by molar-refractivity contribution is 0.0942. The van der Waals surface area contributed by atoms with Crippen LogP contribution in [0.5, 0.6) is 0 Å². The number of hydrogen-bond acceptors (Lipinski definition) is 6. The first-order chi connectivity index (χ1) is 19.5. The summed E-state index contributed by atoms with van der Waals surface area (Å²) in [5, 5.41) is 23.4. The average Bonchev–Trinajstić information content (AvgIpc) is 3.71. The Balaban J connectivity index is 1.40. The van der Waals surface area contributed by atoms with Crippen LogP contribution in [0.2, 0.25) is 5.02 Å². The summed E-state index contributed by atoms with van der Waals surface area (Å²) in [5.74, 6) is 5.80. The van der Waals surface area contributed by atoms with Gasteiger partial charge in [-0.15, -0.1) is 0 Å². The van der Waals surface area contributed by atoms with Gasteiger partial charge in [-0.05, 0) is 29.2 Å². The van der Waals surface area contributed by atoms with Crippen molar-refractivity contribution in [3.63, 3.8) is 0 Å². The van der Waals surface area contributed by atoms with E-state index in [1.165, 1.54) is 0 Å². The molecule has 0 unspecified atom stereocenters. The zero-order valence-corrected chi connectivity index (χ0v) is 22.6. The number of aromatic nitrogens is 4. The van der Waals surface area contributed by atoms with Crippen molar-refractivity contribution in [2.45, 2.75) is 13.1 Å². The van der Waals surface area contributed by atoms with E-state index < -0.39 is 5.56 Å². The number of anilines is 1. The van der Waals surface area contributed by atoms with Crippen LogP contribution < -0.4 is 16.2 Å². The molecule has 0 bridgehead atoms. The summed E-state index contributed by atoms with van der Waals surface area (Å²) in [6.45, 7) is 0.842. The van der Waals surface area contributed by atoms with E-state index in [1.807, 2.05) is 66.9 Å². The molecule has 0 saturated heterocycles. The number of carbonyl (C=O) groups excluding carboxylic acids is 1. The van der Waals surface area contributed by atoms with Crippen molar-refractivity contribution in [3.05, 3.63) is 105 Å². The third-order valence-electron chi connectivity index (χ3n) is 6.04. The van der Waals surface area contributed by atoms with E-state index in [-0.39, 0.29) is 24.6 Å². The zero-order valence-electron chi connectivity index (χ0n) is 21.0. The minimum Gasteiger partial charge on any atom is -0.364 e. The highest BCUT2D eigenvalue weighted by Gasteiger charge is 2.19. The number of halogens is 1. The van der Waals surface area contributed by atoms with Crippen molar-refractivity contribution in [2.24, 2.45) is 0 Å². The maximum absolute atomic E-state index is 13.3. The number of aromatic amines is 2. The molecule has 3 aromatic heterocycles. The van der Waals surface area contributed by atoms with Crippen LogP contribution in [0.3, 0.4) is 0 Å². The minimum atomic E-state index is -0.427. The molecule has 198 valence electrons. The number of nitrogens with one attached hydrogen (secondary N) is 4. The van der Waals surface area contributed by atoms with Gasteiger partial charge in [0.25, 0.3) is 11.5 Å². The van der Waals surface area contributed by atoms with E-state index in [2.05, 4.69) is 37.0 Å². The third kappa shape index (κ3) is 5.84. The largest absolute Gasteiger partial charge is 0.364 e. The quantitative estimate of drug-likeness (QED) is 0.199. The number of nitriles is 1. The molecule has 2 aromatic carbocycles. The molecule has 3 heterocycles. The van der Waals surface area contributed by atoms with Gasteiger partial charge in [0.2, 0.25) is 0 Å². The van der Waals surface area contributed by atoms with Gasteiger partial charge in [0.1, 0.15) is 16.8 Å². The van der Waals surface area contributed by atoms with Crippen LogP contribution in [0.15, 0.2) is 77.9 Å². The Morgan fingerprint density at radius 3 is 2.70 bits per heavy atom. The van der Waals surface area contributed by atoms with Crippen molar-refractivity contribution in [2.75, 3.05) is 11.9 Å². The fraction of sp³-hybridized carbons (Fsp3) is 0.103. The Hall–Kier alpha value is -5.03. The first kappa shape index (κ1) is 26.6. The van der Waals surface area contributed by atoms with E-state index in [9.17, 15) is 9.59 Å². The number of H-pyrrole nitrogens is 2. The monoisotopic (exact) mass is 567 g/mol. The number of hydrogen-bond donors (Lipinski definition) is 4. The van der Waals surface area contributed by atoms with Gasteiger partial charge in [0.15, 0.2) is 5.56 Å². The molecular weight excluding hydrogens is 546 g/mol. The molecule has 0 fully saturated rings. The van der Waals surface area contributed by atoms with E-state index in [0.29, 0.717) is 22.3 Å². The Bertz CT molecular complexity index is 1820. The second kappa shape index (κ2) is 12.2. The molecule has 4 N–H and O–H groups in total. The van der Waals surface area contributed by atoms with Crippen LogP contribution in [-0.4, -0.2) is 31.6 Å². The predicted octanol–water partition coefficient (Wildman–Crippen LogP) is 4.87. The van der Waals surface area contributed by atoms with Crippen LogP contribution >= 0.6 is 23.1 Å². The predicted molar refractivity (Wildman–Crippen MR) is 156 cm³/mol. The van der Waals surface area contributed by atoms with E-state index >= 15 is 0 Å². The SMILES string of the molecule is N#Cc1c(NCC#CCn2cc(-c3[nH]ncc3-c3ccccc3Cl)cc2C(=O)NCc2ccccc2)s[nH]c1=O. The molecule has 40 heavy (non-hydrogen) atoms. The molecule has 5 aromatic rings. The Morgan fingerprint density at radius 2 is 1.90 bits per heavy atom. The van der Waals surface area contributed by atoms with Crippen LogP contribution in [0.25, 0.3) is 22.4 Å². The van der Waals surface area contributed by atoms with Gasteiger partial charge in [0, 0.05) is 34.5 Å². The topological polar surface area (TPSA) is 131 Å². The van der Waals surface area contributed by atoms with Gasteiger partial charge < -0.3 is 15.2 Å². The second-order valence-corrected chi connectivity index (χ2v) is 9.83. The van der Waals surface area contributed by atoms with Crippen LogP contribution in [-0.2, 0) is 13.1 Å². The van der Waals surface area contributed by atoms with Crippen LogP contribution in [0, 0.1) is 23.2 Å². The molecule has 0 aliphatic rings. The Kier molecular flexibility index (Phi) is 8.12. The first-order valence-corrected chi connectivity index (χ1v) is 13.4. The van der Waals surface area contributed by atoms with Gasteiger partial charge >= 0.3 is 0 Å². The van der Waals surface area contributed by atoms with Crippen molar-refractivity contribution in [1.82, 2.24) is 24.5 Å². The summed E-state index contributed by atoms with van der Waals surface area (Å²) >= 11 is 7.50. The molecule has 0 radical (unpaired) electrons. The van der Waals surface area contributed by atoms with Gasteiger partial charge in [-0.3, -0.25) is 19.1 Å². The molecule has 1 amide bonds. The summed E-state index contributed by atoms with van der Waals surface area (Å²) in [6.07, 6.45) is 3.55. The van der Waals surface area contributed by atoms with Gasteiger partial charge in [0.05, 0.1) is 25.0 Å². The number of benzene rings is 2. The molecule has 0 saturated carbocycles. The molecule has 0 aliphatic carbocycles. The van der Waals surface area contributed by atoms with Crippen molar-refractivity contribution in [1.29, 1.82) is 5.26 Å². The smallest absolute Gasteiger partial charge is 0.278 e. The van der Waals surface area contributed by atoms with Gasteiger partial charge in [-0.25, -0.2) is 0 Å². The van der Waals surface area contributed by atoms with Crippen molar-refractivity contribution in [3.8, 4) is 40.3 Å². The minimum absolute atomic E-state index is 0.0353. The normalized spacial score (nSPS) is 10.4. The highest BCUT2D eigenvalue weighted by Crippen LogP contribution is 2.35. The molecule has 0 aliphatic heterocycles. The summed E-state index contributed by atoms with van der Waals surface area (Å²) < 4.78 is 4.30. The van der Waals surface area contributed by atoms with Gasteiger partial charge in [-0.2, -0.15) is 10.4 Å². The summed E-state index contributed by atoms with van der Waals surface area (Å²) in [4.78, 5) is 24.9. The lowest BCUT2D eigenvalue weighted by Crippen LogP contribution is -2.25. The van der Waals surface area contributed by atoms with Crippen LogP contribution in [0.4, 0.5) is 5.00 Å². The number of carbonyl (C=O) groups is 1. The molecule has 11 heteroatoms. The third-order valence-corrected chi connectivity index (χ3v) is 7.21. The average molecular weight is 568 g/mol. The molecular formula is C29H22ClN7O2S. The maximum atomic E-state index is 13.3. The van der Waals surface area contributed by atoms with E-state index in [1.54, 1.807) is 16.8 Å². The van der Waals surface area contributed by atoms with Gasteiger partial charge in [-0.1, -0.05) is 72.0 Å². The van der Waals surface area contributed by atoms with E-state index in [4.69, 9.17) is 16.9 Å². The lowest BCUT2D eigenvalue weighted by atomic mass is 10.0. The fourth-order valence-corrected chi connectivity index (χ4v) is 5.00. The fourth-order valence-electron chi connectivity index (χ4n) is 4.08. The highest BCUT2D eigenvalue weighted by atomic mass is 35.5. The van der Waals surface area contributed by atoms with Crippen LogP contribution in [0.1, 0.15) is 21.6 Å². The number of nitrogens with zero attached hydrogens (tertiary/aromatic N) is 3. The molecule has 9 nitrogen and oxygen atoms in total. The summed E-state index contributed by atoms with van der Waals surface area (Å²) in [7, 11) is 0. The van der Waals surface area contributed by atoms with E-state index in [0.717, 1.165) is 39.5 Å². The molecule has 0 spiro atoms. The second-order valence-electron chi connectivity index (χ2n) is 8.61. The number of amides is 1. The molecule has 5 rings (SSSR count). The Labute approximate surface area is 238 Å². The van der Waals surface area contributed by atoms with Crippen molar-refractivity contribution < 1.29 is 4.79 Å².